The molecule has 0 amide bonds. The predicted molar refractivity (Wildman–Crippen MR) is 54.3 cm³/mol. The van der Waals surface area contributed by atoms with E-state index < -0.39 is 0 Å². The minimum absolute atomic E-state index is 0.0779. The molecular formula is C11H15NO2. The lowest BCUT2D eigenvalue weighted by atomic mass is 10.0. The highest BCUT2D eigenvalue weighted by atomic mass is 16.5. The Morgan fingerprint density at radius 2 is 2.29 bits per heavy atom. The Bertz CT molecular complexity index is 321. The molecule has 1 heterocycles. The van der Waals surface area contributed by atoms with Crippen molar-refractivity contribution >= 4 is 5.78 Å². The van der Waals surface area contributed by atoms with Crippen LogP contribution in [-0.2, 0) is 11.2 Å². The Morgan fingerprint density at radius 3 is 2.86 bits per heavy atom. The first-order chi connectivity index (χ1) is 6.63. The Balaban J connectivity index is 2.72. The van der Waals surface area contributed by atoms with E-state index in [4.69, 9.17) is 4.74 Å². The maximum atomic E-state index is 11.5. The van der Waals surface area contributed by atoms with Gasteiger partial charge in [0.1, 0.15) is 5.78 Å². The Kier molecular flexibility index (Phi) is 3.63. The van der Waals surface area contributed by atoms with Crippen LogP contribution in [0.4, 0.5) is 0 Å². The second kappa shape index (κ2) is 4.74. The number of pyridine rings is 1. The zero-order valence-electron chi connectivity index (χ0n) is 8.78. The molecule has 0 aromatic carbocycles. The van der Waals surface area contributed by atoms with Gasteiger partial charge in [0.05, 0.1) is 7.11 Å². The van der Waals surface area contributed by atoms with E-state index in [0.29, 0.717) is 12.3 Å². The minimum Gasteiger partial charge on any atom is -0.481 e. The summed E-state index contributed by atoms with van der Waals surface area (Å²) < 4.78 is 4.97. The van der Waals surface area contributed by atoms with Crippen molar-refractivity contribution in [2.24, 2.45) is 5.92 Å². The van der Waals surface area contributed by atoms with E-state index in [0.717, 1.165) is 5.56 Å². The molecule has 1 aromatic rings. The van der Waals surface area contributed by atoms with Gasteiger partial charge in [-0.15, -0.1) is 0 Å². The van der Waals surface area contributed by atoms with Gasteiger partial charge in [-0.3, -0.25) is 4.79 Å². The smallest absolute Gasteiger partial charge is 0.213 e. The molecule has 0 atom stereocenters. The van der Waals surface area contributed by atoms with Crippen LogP contribution in [0.25, 0.3) is 0 Å². The number of Topliss-reactive ketones (excluding diaryl/α,β-unsaturated/α-hetero) is 1. The van der Waals surface area contributed by atoms with E-state index in [1.807, 2.05) is 19.9 Å². The summed E-state index contributed by atoms with van der Waals surface area (Å²) in [6.07, 6.45) is 2.11. The number of methoxy groups -OCH3 is 1. The summed E-state index contributed by atoms with van der Waals surface area (Å²) in [7, 11) is 1.57. The lowest BCUT2D eigenvalue weighted by Crippen LogP contribution is -2.10. The average Bonchev–Trinajstić information content (AvgIpc) is 2.18. The summed E-state index contributed by atoms with van der Waals surface area (Å²) in [5.41, 5.74) is 0.954. The minimum atomic E-state index is 0.0779. The van der Waals surface area contributed by atoms with Gasteiger partial charge < -0.3 is 4.74 Å². The van der Waals surface area contributed by atoms with E-state index in [1.54, 1.807) is 19.4 Å². The molecule has 0 aliphatic carbocycles. The van der Waals surface area contributed by atoms with Crippen molar-refractivity contribution in [1.82, 2.24) is 4.98 Å². The number of hydrogen-bond donors (Lipinski definition) is 0. The fraction of sp³-hybridized carbons (Fsp3) is 0.455. The number of hydrogen-bond acceptors (Lipinski definition) is 3. The van der Waals surface area contributed by atoms with Crippen molar-refractivity contribution in [2.75, 3.05) is 7.11 Å². The van der Waals surface area contributed by atoms with Crippen LogP contribution in [0.1, 0.15) is 19.4 Å². The molecule has 1 aromatic heterocycles. The number of rotatable bonds is 4. The molecule has 0 unspecified atom stereocenters. The highest BCUT2D eigenvalue weighted by Crippen LogP contribution is 2.11. The molecule has 0 spiro atoms. The number of nitrogens with zero attached hydrogens (tertiary/aromatic N) is 1. The number of ether oxygens (including phenoxy) is 1. The molecule has 0 saturated heterocycles. The summed E-state index contributed by atoms with van der Waals surface area (Å²) in [4.78, 5) is 15.4. The fourth-order valence-corrected chi connectivity index (χ4v) is 1.08. The molecule has 3 nitrogen and oxygen atoms in total. The van der Waals surface area contributed by atoms with Crippen LogP contribution in [0.15, 0.2) is 18.3 Å². The molecule has 0 saturated carbocycles. The maximum Gasteiger partial charge on any atom is 0.213 e. The lowest BCUT2D eigenvalue weighted by molar-refractivity contribution is -0.121. The highest BCUT2D eigenvalue weighted by Gasteiger charge is 2.08. The van der Waals surface area contributed by atoms with E-state index in [-0.39, 0.29) is 11.7 Å². The molecule has 3 heteroatoms. The van der Waals surface area contributed by atoms with Crippen molar-refractivity contribution in [1.29, 1.82) is 0 Å². The van der Waals surface area contributed by atoms with Crippen LogP contribution in [0.3, 0.4) is 0 Å². The first-order valence-corrected chi connectivity index (χ1v) is 4.65. The topological polar surface area (TPSA) is 39.2 Å². The summed E-state index contributed by atoms with van der Waals surface area (Å²) in [6, 6.07) is 3.63. The van der Waals surface area contributed by atoms with Crippen LogP contribution in [0, 0.1) is 5.92 Å². The van der Waals surface area contributed by atoms with Crippen molar-refractivity contribution in [3.8, 4) is 5.88 Å². The van der Waals surface area contributed by atoms with Gasteiger partial charge >= 0.3 is 0 Å². The van der Waals surface area contributed by atoms with Gasteiger partial charge in [0.2, 0.25) is 5.88 Å². The standard InChI is InChI=1S/C11H15NO2/c1-8(2)10(13)6-9-4-5-12-11(7-9)14-3/h4-5,7-8H,6H2,1-3H3. The highest BCUT2D eigenvalue weighted by molar-refractivity contribution is 5.82. The molecule has 0 aliphatic rings. The molecule has 14 heavy (non-hydrogen) atoms. The van der Waals surface area contributed by atoms with Crippen LogP contribution in [0.5, 0.6) is 5.88 Å². The molecule has 76 valence electrons. The summed E-state index contributed by atoms with van der Waals surface area (Å²) in [5.74, 6) is 0.867. The van der Waals surface area contributed by atoms with Gasteiger partial charge in [-0.05, 0) is 11.6 Å². The first-order valence-electron chi connectivity index (χ1n) is 4.65. The molecule has 0 fully saturated rings. The van der Waals surface area contributed by atoms with E-state index >= 15 is 0 Å². The molecule has 1 rings (SSSR count). The number of aromatic nitrogens is 1. The SMILES string of the molecule is COc1cc(CC(=O)C(C)C)ccn1. The number of carbonyl (C=O) groups is 1. The number of carbonyl (C=O) groups excluding carboxylic acids is 1. The summed E-state index contributed by atoms with van der Waals surface area (Å²) in [6.45, 7) is 3.81. The van der Waals surface area contributed by atoms with Gasteiger partial charge in [0.25, 0.3) is 0 Å². The van der Waals surface area contributed by atoms with Crippen molar-refractivity contribution < 1.29 is 9.53 Å². The van der Waals surface area contributed by atoms with E-state index in [1.165, 1.54) is 0 Å². The Morgan fingerprint density at radius 1 is 1.57 bits per heavy atom. The normalized spacial score (nSPS) is 10.3. The Labute approximate surface area is 84.1 Å². The Hall–Kier alpha value is -1.38. The lowest BCUT2D eigenvalue weighted by Gasteiger charge is -2.05. The van der Waals surface area contributed by atoms with Crippen molar-refractivity contribution in [3.05, 3.63) is 23.9 Å². The van der Waals surface area contributed by atoms with Gasteiger partial charge in [-0.2, -0.15) is 0 Å². The quantitative estimate of drug-likeness (QED) is 0.732. The van der Waals surface area contributed by atoms with Gasteiger partial charge in [-0.25, -0.2) is 4.98 Å². The summed E-state index contributed by atoms with van der Waals surface area (Å²) in [5, 5.41) is 0. The van der Waals surface area contributed by atoms with Crippen LogP contribution >= 0.6 is 0 Å². The van der Waals surface area contributed by atoms with E-state index in [9.17, 15) is 4.79 Å². The number of ketones is 1. The van der Waals surface area contributed by atoms with Gasteiger partial charge in [0.15, 0.2) is 0 Å². The average molecular weight is 193 g/mol. The predicted octanol–water partition coefficient (Wildman–Crippen LogP) is 1.86. The van der Waals surface area contributed by atoms with E-state index in [2.05, 4.69) is 4.98 Å². The van der Waals surface area contributed by atoms with Gasteiger partial charge in [-0.1, -0.05) is 13.8 Å². The van der Waals surface area contributed by atoms with Crippen LogP contribution < -0.4 is 4.74 Å². The van der Waals surface area contributed by atoms with Crippen molar-refractivity contribution in [3.63, 3.8) is 0 Å². The molecule has 0 bridgehead atoms. The zero-order chi connectivity index (χ0) is 10.6. The molecule has 0 N–H and O–H groups in total. The largest absolute Gasteiger partial charge is 0.481 e. The summed E-state index contributed by atoms with van der Waals surface area (Å²) >= 11 is 0. The van der Waals surface area contributed by atoms with Crippen LogP contribution in [0.2, 0.25) is 0 Å². The monoisotopic (exact) mass is 193 g/mol. The molecule has 0 aliphatic heterocycles. The zero-order valence-corrected chi connectivity index (χ0v) is 8.78. The second-order valence-electron chi connectivity index (χ2n) is 3.50. The first kappa shape index (κ1) is 10.7. The fourth-order valence-electron chi connectivity index (χ4n) is 1.08. The van der Waals surface area contributed by atoms with Crippen molar-refractivity contribution in [2.45, 2.75) is 20.3 Å². The third-order valence-electron chi connectivity index (χ3n) is 2.03. The van der Waals surface area contributed by atoms with Crippen LogP contribution in [-0.4, -0.2) is 17.9 Å². The maximum absolute atomic E-state index is 11.5. The molecule has 0 radical (unpaired) electrons. The van der Waals surface area contributed by atoms with Gasteiger partial charge in [0, 0.05) is 24.6 Å². The third kappa shape index (κ3) is 2.83. The second-order valence-corrected chi connectivity index (χ2v) is 3.50. The molecular weight excluding hydrogens is 178 g/mol. The third-order valence-corrected chi connectivity index (χ3v) is 2.03.